The van der Waals surface area contributed by atoms with Gasteiger partial charge in [-0.15, -0.1) is 0 Å². The van der Waals surface area contributed by atoms with Gasteiger partial charge in [0.1, 0.15) is 11.9 Å². The summed E-state index contributed by atoms with van der Waals surface area (Å²) in [6, 6.07) is 12.2. The van der Waals surface area contributed by atoms with Crippen LogP contribution in [0.5, 0.6) is 6.01 Å². The zero-order chi connectivity index (χ0) is 21.7. The molecule has 0 aliphatic carbocycles. The van der Waals surface area contributed by atoms with Crippen molar-refractivity contribution < 1.29 is 14.2 Å². The van der Waals surface area contributed by atoms with Gasteiger partial charge in [0.15, 0.2) is 6.10 Å². The van der Waals surface area contributed by atoms with Crippen molar-refractivity contribution in [2.45, 2.75) is 24.7 Å². The Morgan fingerprint density at radius 3 is 2.75 bits per heavy atom. The molecule has 32 heavy (non-hydrogen) atoms. The number of hydrogen-bond acceptors (Lipinski definition) is 7. The number of ether oxygens (including phenoxy) is 3. The number of imidazole rings is 1. The van der Waals surface area contributed by atoms with Crippen molar-refractivity contribution in [3.8, 4) is 28.4 Å². The molecule has 2 aromatic carbocycles. The molecule has 0 radical (unpaired) electrons. The molecule has 1 unspecified atom stereocenters. The van der Waals surface area contributed by atoms with Crippen molar-refractivity contribution in [1.29, 1.82) is 0 Å². The normalized spacial score (nSPS) is 22.3. The first-order valence-corrected chi connectivity index (χ1v) is 10.8. The molecule has 162 valence electrons. The van der Waals surface area contributed by atoms with Crippen LogP contribution in [0.2, 0.25) is 5.02 Å². The number of fused-ring (bicyclic) bond motifs is 2. The summed E-state index contributed by atoms with van der Waals surface area (Å²) >= 11 is 6.60. The highest BCUT2D eigenvalue weighted by Gasteiger charge is 2.43. The molecule has 2 saturated heterocycles. The molecular weight excluding hydrogens is 430 g/mol. The van der Waals surface area contributed by atoms with Crippen molar-refractivity contribution in [3.63, 3.8) is 0 Å². The summed E-state index contributed by atoms with van der Waals surface area (Å²) in [7, 11) is 0. The van der Waals surface area contributed by atoms with E-state index in [0.717, 1.165) is 39.8 Å². The molecule has 2 aromatic heterocycles. The van der Waals surface area contributed by atoms with Gasteiger partial charge in [-0.05, 0) is 24.1 Å². The fourth-order valence-electron chi connectivity index (χ4n) is 4.30. The van der Waals surface area contributed by atoms with Crippen LogP contribution in [0.4, 0.5) is 5.82 Å². The summed E-state index contributed by atoms with van der Waals surface area (Å²) in [5, 5.41) is 0.618. The second-order valence-electron chi connectivity index (χ2n) is 7.95. The predicted molar refractivity (Wildman–Crippen MR) is 120 cm³/mol. The first kappa shape index (κ1) is 19.5. The molecule has 2 aliphatic heterocycles. The number of nitrogen functional groups attached to an aromatic ring is 1. The number of aromatic nitrogens is 4. The summed E-state index contributed by atoms with van der Waals surface area (Å²) < 4.78 is 17.6. The highest BCUT2D eigenvalue weighted by atomic mass is 35.5. The first-order valence-electron chi connectivity index (χ1n) is 10.4. The van der Waals surface area contributed by atoms with E-state index in [0.29, 0.717) is 30.1 Å². The standard InChI is InChI=1S/C23H20ClN5O3/c24-15-8-17-16(28-23(29-17)32-20-11-31-19-5-6-30-22(19)20)7-14(15)12-1-3-13(4-2-12)18-9-26-10-21(25)27-18/h1-4,7-10,19-20,22H,5-6,11H2,(H2,25,27)(H,28,29)/t19-,20?,22+/m1/s1. The molecule has 0 bridgehead atoms. The highest BCUT2D eigenvalue weighted by molar-refractivity contribution is 6.34. The Balaban J connectivity index is 1.27. The number of aromatic amines is 1. The number of anilines is 1. The van der Waals surface area contributed by atoms with Crippen LogP contribution in [-0.4, -0.2) is 51.5 Å². The third-order valence-electron chi connectivity index (χ3n) is 5.88. The maximum Gasteiger partial charge on any atom is 0.295 e. The fourth-order valence-corrected chi connectivity index (χ4v) is 4.57. The van der Waals surface area contributed by atoms with Crippen molar-refractivity contribution >= 4 is 28.5 Å². The third-order valence-corrected chi connectivity index (χ3v) is 6.19. The lowest BCUT2D eigenvalue weighted by Crippen LogP contribution is -2.32. The van der Waals surface area contributed by atoms with E-state index in [-0.39, 0.29) is 18.3 Å². The van der Waals surface area contributed by atoms with Crippen molar-refractivity contribution in [2.75, 3.05) is 18.9 Å². The van der Waals surface area contributed by atoms with Crippen LogP contribution in [-0.2, 0) is 9.47 Å². The van der Waals surface area contributed by atoms with Gasteiger partial charge in [0.25, 0.3) is 6.01 Å². The molecule has 9 heteroatoms. The molecule has 6 rings (SSSR count). The Morgan fingerprint density at radius 2 is 1.91 bits per heavy atom. The van der Waals surface area contributed by atoms with Gasteiger partial charge >= 0.3 is 0 Å². The summed E-state index contributed by atoms with van der Waals surface area (Å²) in [6.07, 6.45) is 4.03. The number of nitrogens with zero attached hydrogens (tertiary/aromatic N) is 3. The minimum Gasteiger partial charge on any atom is -0.456 e. The van der Waals surface area contributed by atoms with Gasteiger partial charge in [-0.1, -0.05) is 35.9 Å². The molecular formula is C23H20ClN5O3. The average molecular weight is 450 g/mol. The third kappa shape index (κ3) is 3.46. The summed E-state index contributed by atoms with van der Waals surface area (Å²) in [5.74, 6) is 0.385. The molecule has 2 aliphatic rings. The van der Waals surface area contributed by atoms with Gasteiger partial charge in [-0.3, -0.25) is 4.98 Å². The Labute approximate surface area is 188 Å². The van der Waals surface area contributed by atoms with Crippen LogP contribution in [0.1, 0.15) is 6.42 Å². The van der Waals surface area contributed by atoms with Crippen LogP contribution < -0.4 is 10.5 Å². The topological polar surface area (TPSA) is 108 Å². The van der Waals surface area contributed by atoms with Gasteiger partial charge < -0.3 is 24.9 Å². The molecule has 8 nitrogen and oxygen atoms in total. The molecule has 4 aromatic rings. The molecule has 3 atom stereocenters. The number of halogens is 1. The van der Waals surface area contributed by atoms with Crippen molar-refractivity contribution in [1.82, 2.24) is 19.9 Å². The van der Waals surface area contributed by atoms with E-state index < -0.39 is 0 Å². The largest absolute Gasteiger partial charge is 0.456 e. The number of nitrogens with two attached hydrogens (primary N) is 1. The maximum atomic E-state index is 6.60. The maximum absolute atomic E-state index is 6.60. The summed E-state index contributed by atoms with van der Waals surface area (Å²) in [6.45, 7) is 1.21. The highest BCUT2D eigenvalue weighted by Crippen LogP contribution is 2.34. The van der Waals surface area contributed by atoms with Gasteiger partial charge in [-0.25, -0.2) is 4.98 Å². The second-order valence-corrected chi connectivity index (χ2v) is 8.36. The van der Waals surface area contributed by atoms with E-state index in [1.807, 2.05) is 36.4 Å². The first-order chi connectivity index (χ1) is 15.6. The van der Waals surface area contributed by atoms with Crippen LogP contribution in [0, 0.1) is 0 Å². The van der Waals surface area contributed by atoms with Crippen LogP contribution >= 0.6 is 11.6 Å². The predicted octanol–water partition coefficient (Wildman–Crippen LogP) is 3.86. The lowest BCUT2D eigenvalue weighted by molar-refractivity contribution is 0.0273. The zero-order valence-electron chi connectivity index (χ0n) is 17.0. The molecule has 2 fully saturated rings. The van der Waals surface area contributed by atoms with Gasteiger partial charge in [0, 0.05) is 17.7 Å². The lowest BCUT2D eigenvalue weighted by Gasteiger charge is -2.15. The van der Waals surface area contributed by atoms with Crippen LogP contribution in [0.15, 0.2) is 48.8 Å². The summed E-state index contributed by atoms with van der Waals surface area (Å²) in [4.78, 5) is 16.2. The number of hydrogen-bond donors (Lipinski definition) is 2. The van der Waals surface area contributed by atoms with Gasteiger partial charge in [0.05, 0.1) is 46.9 Å². The van der Waals surface area contributed by atoms with E-state index in [4.69, 9.17) is 31.5 Å². The second kappa shape index (κ2) is 7.74. The summed E-state index contributed by atoms with van der Waals surface area (Å²) in [5.41, 5.74) is 10.8. The Kier molecular flexibility index (Phi) is 4.71. The molecule has 3 N–H and O–H groups in total. The Bertz CT molecular complexity index is 1290. The lowest BCUT2D eigenvalue weighted by atomic mass is 10.0. The Hall–Kier alpha value is -3.20. The molecule has 0 spiro atoms. The van der Waals surface area contributed by atoms with Gasteiger partial charge in [-0.2, -0.15) is 4.98 Å². The monoisotopic (exact) mass is 449 g/mol. The smallest absolute Gasteiger partial charge is 0.295 e. The molecule has 0 saturated carbocycles. The van der Waals surface area contributed by atoms with Crippen LogP contribution in [0.25, 0.3) is 33.4 Å². The quantitative estimate of drug-likeness (QED) is 0.487. The number of nitrogens with one attached hydrogen (secondary N) is 1. The number of H-pyrrole nitrogens is 1. The average Bonchev–Trinajstić information content (AvgIpc) is 3.50. The molecule has 0 amide bonds. The number of rotatable bonds is 4. The zero-order valence-corrected chi connectivity index (χ0v) is 17.7. The fraction of sp³-hybridized carbons (Fsp3) is 0.261. The Morgan fingerprint density at radius 1 is 1.06 bits per heavy atom. The van der Waals surface area contributed by atoms with Gasteiger partial charge in [0.2, 0.25) is 0 Å². The SMILES string of the molecule is Nc1cncc(-c2ccc(-c3cc4nc(OC5CO[C@@H]6CCO[C@H]56)[nH]c4cc3Cl)cc2)n1. The van der Waals surface area contributed by atoms with E-state index in [1.165, 1.54) is 6.20 Å². The van der Waals surface area contributed by atoms with Crippen molar-refractivity contribution in [3.05, 3.63) is 53.8 Å². The minimum atomic E-state index is -0.166. The minimum absolute atomic E-state index is 0.0365. The van der Waals surface area contributed by atoms with E-state index in [1.54, 1.807) is 6.20 Å². The van der Waals surface area contributed by atoms with Crippen molar-refractivity contribution in [2.24, 2.45) is 0 Å². The van der Waals surface area contributed by atoms with E-state index in [9.17, 15) is 0 Å². The van der Waals surface area contributed by atoms with E-state index in [2.05, 4.69) is 19.9 Å². The van der Waals surface area contributed by atoms with E-state index >= 15 is 0 Å². The van der Waals surface area contributed by atoms with Crippen LogP contribution in [0.3, 0.4) is 0 Å². The number of benzene rings is 2. The molecule has 4 heterocycles.